The molecule has 3 rings (SSSR count). The Kier molecular flexibility index (Phi) is 3.86. The van der Waals surface area contributed by atoms with E-state index in [0.29, 0.717) is 16.3 Å². The predicted molar refractivity (Wildman–Crippen MR) is 87.3 cm³/mol. The summed E-state index contributed by atoms with van der Waals surface area (Å²) >= 11 is 5.91. The lowest BCUT2D eigenvalue weighted by atomic mass is 10.1. The van der Waals surface area contributed by atoms with Crippen molar-refractivity contribution in [1.29, 1.82) is 0 Å². The fourth-order valence-electron chi connectivity index (χ4n) is 2.34. The number of hydrogen-bond donors (Lipinski definition) is 1. The number of rotatable bonds is 3. The minimum Gasteiger partial charge on any atom is -0.356 e. The highest BCUT2D eigenvalue weighted by Gasteiger charge is 2.13. The number of benzene rings is 2. The Balaban J connectivity index is 1.79. The van der Waals surface area contributed by atoms with Crippen molar-refractivity contribution in [3.8, 4) is 0 Å². The molecule has 2 aromatic carbocycles. The number of nitrogens with zero attached hydrogens (tertiary/aromatic N) is 1. The molecule has 1 aromatic heterocycles. The summed E-state index contributed by atoms with van der Waals surface area (Å²) in [4.78, 5) is 12.2. The molecule has 0 unspecified atom stereocenters. The molecule has 5 heteroatoms. The molecular formula is C17H15ClN2O2. The van der Waals surface area contributed by atoms with E-state index in [1.54, 1.807) is 12.1 Å². The molecule has 1 N–H and O–H groups in total. The molecule has 0 spiro atoms. The first kappa shape index (κ1) is 14.6. The highest BCUT2D eigenvalue weighted by molar-refractivity contribution is 6.30. The fraction of sp³-hybridized carbons (Fsp3) is 0.176. The van der Waals surface area contributed by atoms with Crippen LogP contribution in [0.3, 0.4) is 0 Å². The molecular weight excluding hydrogens is 300 g/mol. The van der Waals surface area contributed by atoms with Gasteiger partial charge in [0.05, 0.1) is 6.42 Å². The summed E-state index contributed by atoms with van der Waals surface area (Å²) < 4.78 is 5.25. The second kappa shape index (κ2) is 5.81. The Hall–Kier alpha value is -2.33. The summed E-state index contributed by atoms with van der Waals surface area (Å²) in [5.74, 6) is -0.137. The molecule has 0 aliphatic rings. The van der Waals surface area contributed by atoms with Crippen molar-refractivity contribution in [2.24, 2.45) is 0 Å². The number of carbonyl (C=O) groups is 1. The third-order valence-electron chi connectivity index (χ3n) is 3.49. The Labute approximate surface area is 133 Å². The maximum atomic E-state index is 12.2. The number of carbonyl (C=O) groups excluding carboxylic acids is 1. The number of anilines is 1. The van der Waals surface area contributed by atoms with Crippen LogP contribution in [0, 0.1) is 13.8 Å². The van der Waals surface area contributed by atoms with E-state index in [9.17, 15) is 4.79 Å². The van der Waals surface area contributed by atoms with Crippen molar-refractivity contribution in [2.45, 2.75) is 20.3 Å². The lowest BCUT2D eigenvalue weighted by molar-refractivity contribution is -0.115. The molecule has 0 aliphatic heterocycles. The van der Waals surface area contributed by atoms with Gasteiger partial charge in [-0.3, -0.25) is 4.79 Å². The first-order valence-corrected chi connectivity index (χ1v) is 7.31. The standard InChI is InChI=1S/C17H15ClN2O2/c1-10-3-6-16-13(7-10)15(20-22-16)9-17(21)19-14-5-4-12(18)8-11(14)2/h3-8H,9H2,1-2H3,(H,19,21). The van der Waals surface area contributed by atoms with Crippen molar-refractivity contribution in [1.82, 2.24) is 5.16 Å². The molecule has 0 saturated heterocycles. The maximum Gasteiger partial charge on any atom is 0.230 e. The van der Waals surface area contributed by atoms with Crippen LogP contribution in [0.5, 0.6) is 0 Å². The van der Waals surface area contributed by atoms with E-state index >= 15 is 0 Å². The van der Waals surface area contributed by atoms with Gasteiger partial charge in [0, 0.05) is 16.1 Å². The first-order chi connectivity index (χ1) is 10.5. The number of aryl methyl sites for hydroxylation is 2. The molecule has 4 nitrogen and oxygen atoms in total. The zero-order chi connectivity index (χ0) is 15.7. The SMILES string of the molecule is Cc1ccc2onc(CC(=O)Nc3ccc(Cl)cc3C)c2c1. The van der Waals surface area contributed by atoms with Gasteiger partial charge < -0.3 is 9.84 Å². The van der Waals surface area contributed by atoms with Gasteiger partial charge in [0.1, 0.15) is 5.69 Å². The summed E-state index contributed by atoms with van der Waals surface area (Å²) in [6, 6.07) is 11.1. The second-order valence-electron chi connectivity index (χ2n) is 5.31. The summed E-state index contributed by atoms with van der Waals surface area (Å²) in [7, 11) is 0. The highest BCUT2D eigenvalue weighted by Crippen LogP contribution is 2.22. The van der Waals surface area contributed by atoms with E-state index in [1.165, 1.54) is 0 Å². The number of nitrogens with one attached hydrogen (secondary N) is 1. The molecule has 22 heavy (non-hydrogen) atoms. The maximum absolute atomic E-state index is 12.2. The van der Waals surface area contributed by atoms with Crippen LogP contribution in [0.15, 0.2) is 40.9 Å². The van der Waals surface area contributed by atoms with Crippen molar-refractivity contribution < 1.29 is 9.32 Å². The fourth-order valence-corrected chi connectivity index (χ4v) is 2.57. The topological polar surface area (TPSA) is 55.1 Å². The summed E-state index contributed by atoms with van der Waals surface area (Å²) in [5.41, 5.74) is 4.10. The van der Waals surface area contributed by atoms with Crippen LogP contribution in [-0.4, -0.2) is 11.1 Å². The quantitative estimate of drug-likeness (QED) is 0.785. The number of hydrogen-bond acceptors (Lipinski definition) is 3. The normalized spacial score (nSPS) is 10.9. The summed E-state index contributed by atoms with van der Waals surface area (Å²) in [6.07, 6.45) is 0.165. The van der Waals surface area contributed by atoms with Crippen molar-refractivity contribution in [2.75, 3.05) is 5.32 Å². The second-order valence-corrected chi connectivity index (χ2v) is 5.75. The van der Waals surface area contributed by atoms with Gasteiger partial charge in [-0.15, -0.1) is 0 Å². The molecule has 0 fully saturated rings. The average Bonchev–Trinajstić information content (AvgIpc) is 2.84. The third kappa shape index (κ3) is 2.97. The van der Waals surface area contributed by atoms with E-state index < -0.39 is 0 Å². The lowest BCUT2D eigenvalue weighted by Gasteiger charge is -2.07. The molecule has 0 atom stereocenters. The van der Waals surface area contributed by atoms with Gasteiger partial charge in [-0.25, -0.2) is 0 Å². The average molecular weight is 315 g/mol. The monoisotopic (exact) mass is 314 g/mol. The van der Waals surface area contributed by atoms with Crippen LogP contribution < -0.4 is 5.32 Å². The van der Waals surface area contributed by atoms with E-state index in [4.69, 9.17) is 16.1 Å². The van der Waals surface area contributed by atoms with Crippen LogP contribution in [0.1, 0.15) is 16.8 Å². The van der Waals surface area contributed by atoms with Gasteiger partial charge in [0.15, 0.2) is 5.58 Å². The van der Waals surface area contributed by atoms with E-state index in [2.05, 4.69) is 10.5 Å². The number of aromatic nitrogens is 1. The van der Waals surface area contributed by atoms with Crippen molar-refractivity contribution >= 4 is 34.2 Å². The molecule has 0 aliphatic carbocycles. The van der Waals surface area contributed by atoms with Gasteiger partial charge in [0.2, 0.25) is 5.91 Å². The van der Waals surface area contributed by atoms with Gasteiger partial charge in [-0.05, 0) is 49.7 Å². The Bertz CT molecular complexity index is 855. The molecule has 1 heterocycles. The minimum atomic E-state index is -0.137. The smallest absolute Gasteiger partial charge is 0.230 e. The highest BCUT2D eigenvalue weighted by atomic mass is 35.5. The Morgan fingerprint density at radius 3 is 2.82 bits per heavy atom. The lowest BCUT2D eigenvalue weighted by Crippen LogP contribution is -2.15. The zero-order valence-corrected chi connectivity index (χ0v) is 13.1. The van der Waals surface area contributed by atoms with Gasteiger partial charge >= 0.3 is 0 Å². The van der Waals surface area contributed by atoms with Crippen molar-refractivity contribution in [3.05, 3.63) is 58.2 Å². The van der Waals surface area contributed by atoms with Gasteiger partial charge in [-0.2, -0.15) is 0 Å². The molecule has 0 radical (unpaired) electrons. The predicted octanol–water partition coefficient (Wildman–Crippen LogP) is 4.28. The molecule has 3 aromatic rings. The van der Waals surface area contributed by atoms with Crippen LogP contribution in [-0.2, 0) is 11.2 Å². The molecule has 0 bridgehead atoms. The molecule has 112 valence electrons. The minimum absolute atomic E-state index is 0.137. The molecule has 0 saturated carbocycles. The van der Waals surface area contributed by atoms with E-state index in [0.717, 1.165) is 22.2 Å². The third-order valence-corrected chi connectivity index (χ3v) is 3.73. The van der Waals surface area contributed by atoms with Gasteiger partial charge in [0.25, 0.3) is 0 Å². The summed E-state index contributed by atoms with van der Waals surface area (Å²) in [6.45, 7) is 3.89. The number of halogens is 1. The largest absolute Gasteiger partial charge is 0.356 e. The Morgan fingerprint density at radius 1 is 1.23 bits per heavy atom. The van der Waals surface area contributed by atoms with Crippen LogP contribution in [0.4, 0.5) is 5.69 Å². The molecule has 1 amide bonds. The Morgan fingerprint density at radius 2 is 2.05 bits per heavy atom. The van der Waals surface area contributed by atoms with Crippen LogP contribution in [0.2, 0.25) is 5.02 Å². The van der Waals surface area contributed by atoms with E-state index in [1.807, 2.05) is 38.1 Å². The first-order valence-electron chi connectivity index (χ1n) is 6.94. The van der Waals surface area contributed by atoms with Crippen LogP contribution >= 0.6 is 11.6 Å². The van der Waals surface area contributed by atoms with Gasteiger partial charge in [-0.1, -0.05) is 28.4 Å². The summed E-state index contributed by atoms with van der Waals surface area (Å²) in [5, 5.41) is 8.40. The number of amides is 1. The number of fused-ring (bicyclic) bond motifs is 1. The van der Waals surface area contributed by atoms with E-state index in [-0.39, 0.29) is 12.3 Å². The zero-order valence-electron chi connectivity index (χ0n) is 12.3. The van der Waals surface area contributed by atoms with Crippen molar-refractivity contribution in [3.63, 3.8) is 0 Å². The van der Waals surface area contributed by atoms with Crippen LogP contribution in [0.25, 0.3) is 11.0 Å².